The van der Waals surface area contributed by atoms with Crippen LogP contribution in [0.25, 0.3) is 11.4 Å². The summed E-state index contributed by atoms with van der Waals surface area (Å²) in [6, 6.07) is 15.4. The quantitative estimate of drug-likeness (QED) is 0.405. The lowest BCUT2D eigenvalue weighted by atomic mass is 9.88. The van der Waals surface area contributed by atoms with Gasteiger partial charge in [0, 0.05) is 43.0 Å². The van der Waals surface area contributed by atoms with Gasteiger partial charge in [-0.05, 0) is 55.0 Å². The third kappa shape index (κ3) is 6.35. The van der Waals surface area contributed by atoms with Crippen LogP contribution in [0, 0.1) is 11.8 Å². The molecule has 7 nitrogen and oxygen atoms in total. The molecule has 1 saturated heterocycles. The van der Waals surface area contributed by atoms with E-state index >= 15 is 0 Å². The van der Waals surface area contributed by atoms with Crippen LogP contribution in [-0.4, -0.2) is 46.9 Å². The maximum absolute atomic E-state index is 12.9. The van der Waals surface area contributed by atoms with E-state index in [0.717, 1.165) is 23.3 Å². The second-order valence-electron chi connectivity index (χ2n) is 9.55. The molecular weight excluding hydrogens is 442 g/mol. The van der Waals surface area contributed by atoms with Gasteiger partial charge in [-0.1, -0.05) is 43.3 Å². The Labute approximate surface area is 206 Å². The number of rotatable bonds is 9. The van der Waals surface area contributed by atoms with Crippen LogP contribution in [0.4, 0.5) is 0 Å². The fourth-order valence-electron chi connectivity index (χ4n) is 4.49. The first kappa shape index (κ1) is 24.6. The van der Waals surface area contributed by atoms with Crippen molar-refractivity contribution >= 4 is 11.7 Å². The van der Waals surface area contributed by atoms with Gasteiger partial charge < -0.3 is 14.2 Å². The molecule has 1 aliphatic rings. The molecular formula is C28H33N3O4. The molecule has 1 aromatic heterocycles. The van der Waals surface area contributed by atoms with Crippen LogP contribution in [0.3, 0.4) is 0 Å². The lowest BCUT2D eigenvalue weighted by Crippen LogP contribution is -2.40. The van der Waals surface area contributed by atoms with E-state index in [1.54, 1.807) is 7.11 Å². The summed E-state index contributed by atoms with van der Waals surface area (Å²) in [5.74, 6) is 2.49. The predicted octanol–water partition coefficient (Wildman–Crippen LogP) is 5.00. The average molecular weight is 476 g/mol. The van der Waals surface area contributed by atoms with Gasteiger partial charge in [-0.2, -0.15) is 4.98 Å². The highest BCUT2D eigenvalue weighted by molar-refractivity contribution is 5.98. The zero-order valence-corrected chi connectivity index (χ0v) is 20.7. The molecule has 35 heavy (non-hydrogen) atoms. The Bertz CT molecular complexity index is 1130. The Kier molecular flexibility index (Phi) is 7.95. The van der Waals surface area contributed by atoms with Gasteiger partial charge in [-0.25, -0.2) is 0 Å². The number of ether oxygens (including phenoxy) is 1. The molecule has 0 bridgehead atoms. The van der Waals surface area contributed by atoms with E-state index in [1.165, 1.54) is 5.56 Å². The van der Waals surface area contributed by atoms with Crippen molar-refractivity contribution in [3.8, 4) is 17.1 Å². The van der Waals surface area contributed by atoms with E-state index in [2.05, 4.69) is 36.1 Å². The molecule has 0 spiro atoms. The molecule has 0 unspecified atom stereocenters. The number of benzene rings is 2. The predicted molar refractivity (Wildman–Crippen MR) is 133 cm³/mol. The minimum Gasteiger partial charge on any atom is -0.497 e. The van der Waals surface area contributed by atoms with Crippen LogP contribution in [0.2, 0.25) is 0 Å². The minimum absolute atomic E-state index is 0.0296. The summed E-state index contributed by atoms with van der Waals surface area (Å²) in [6.45, 7) is 5.58. The van der Waals surface area contributed by atoms with Crippen molar-refractivity contribution in [2.45, 2.75) is 46.0 Å². The Morgan fingerprint density at radius 3 is 2.37 bits per heavy atom. The molecule has 1 aliphatic heterocycles. The summed E-state index contributed by atoms with van der Waals surface area (Å²) in [6.07, 6.45) is 3.10. The van der Waals surface area contributed by atoms with Gasteiger partial charge in [-0.15, -0.1) is 0 Å². The van der Waals surface area contributed by atoms with Gasteiger partial charge in [0.2, 0.25) is 17.6 Å². The average Bonchev–Trinajstić information content (AvgIpc) is 3.36. The van der Waals surface area contributed by atoms with E-state index in [-0.39, 0.29) is 17.6 Å². The van der Waals surface area contributed by atoms with E-state index in [1.807, 2.05) is 41.3 Å². The van der Waals surface area contributed by atoms with Gasteiger partial charge >= 0.3 is 0 Å². The Balaban J connectivity index is 1.24. The number of piperidine rings is 1. The summed E-state index contributed by atoms with van der Waals surface area (Å²) >= 11 is 0. The molecule has 2 heterocycles. The fourth-order valence-corrected chi connectivity index (χ4v) is 4.49. The minimum atomic E-state index is -0.0296. The number of nitrogens with zero attached hydrogens (tertiary/aromatic N) is 3. The highest BCUT2D eigenvalue weighted by Gasteiger charge is 2.28. The standard InChI is InChI=1S/C28H33N3O4/c1-19(2)18-20-4-6-21(7-5-20)27(33)22-14-16-31(17-15-22)26(32)13-12-25-29-28(30-35-25)23-8-10-24(34-3)11-9-23/h4-11,19,22H,12-18H2,1-3H3. The number of Topliss-reactive ketones (excluding diaryl/α,β-unsaturated/α-hetero) is 1. The van der Waals surface area contributed by atoms with E-state index in [0.29, 0.717) is 56.4 Å². The number of carbonyl (C=O) groups is 2. The molecule has 2 aromatic carbocycles. The van der Waals surface area contributed by atoms with Crippen molar-refractivity contribution in [2.24, 2.45) is 11.8 Å². The molecule has 4 rings (SSSR count). The normalized spacial score (nSPS) is 14.3. The molecule has 7 heteroatoms. The highest BCUT2D eigenvalue weighted by atomic mass is 16.5. The maximum atomic E-state index is 12.9. The van der Waals surface area contributed by atoms with Crippen LogP contribution < -0.4 is 4.74 Å². The second-order valence-corrected chi connectivity index (χ2v) is 9.55. The molecule has 0 aliphatic carbocycles. The fraction of sp³-hybridized carbons (Fsp3) is 0.429. The number of aryl methyl sites for hydroxylation is 1. The zero-order valence-electron chi connectivity index (χ0n) is 20.7. The summed E-state index contributed by atoms with van der Waals surface area (Å²) in [5.41, 5.74) is 2.86. The maximum Gasteiger partial charge on any atom is 0.227 e. The molecule has 0 atom stereocenters. The van der Waals surface area contributed by atoms with Gasteiger partial charge in [0.15, 0.2) is 5.78 Å². The monoisotopic (exact) mass is 475 g/mol. The van der Waals surface area contributed by atoms with Gasteiger partial charge in [0.1, 0.15) is 5.75 Å². The molecule has 0 saturated carbocycles. The van der Waals surface area contributed by atoms with Crippen LogP contribution in [-0.2, 0) is 17.6 Å². The van der Waals surface area contributed by atoms with Crippen LogP contribution in [0.15, 0.2) is 53.1 Å². The molecule has 184 valence electrons. The van der Waals surface area contributed by atoms with E-state index < -0.39 is 0 Å². The number of hydrogen-bond donors (Lipinski definition) is 0. The van der Waals surface area contributed by atoms with Crippen molar-refractivity contribution in [3.05, 3.63) is 65.5 Å². The molecule has 1 fully saturated rings. The Morgan fingerprint density at radius 2 is 1.74 bits per heavy atom. The van der Waals surface area contributed by atoms with Gasteiger partial charge in [0.25, 0.3) is 0 Å². The van der Waals surface area contributed by atoms with E-state index in [4.69, 9.17) is 9.26 Å². The van der Waals surface area contributed by atoms with Crippen LogP contribution in [0.1, 0.15) is 54.9 Å². The molecule has 3 aromatic rings. The van der Waals surface area contributed by atoms with Crippen molar-refractivity contribution in [1.29, 1.82) is 0 Å². The molecule has 0 radical (unpaired) electrons. The van der Waals surface area contributed by atoms with Gasteiger partial charge in [0.05, 0.1) is 7.11 Å². The summed E-state index contributed by atoms with van der Waals surface area (Å²) < 4.78 is 10.5. The Morgan fingerprint density at radius 1 is 1.06 bits per heavy atom. The number of hydrogen-bond acceptors (Lipinski definition) is 6. The van der Waals surface area contributed by atoms with Crippen molar-refractivity contribution in [3.63, 3.8) is 0 Å². The third-order valence-corrected chi connectivity index (χ3v) is 6.47. The number of carbonyl (C=O) groups excluding carboxylic acids is 2. The SMILES string of the molecule is COc1ccc(-c2noc(CCC(=O)N3CCC(C(=O)c4ccc(CC(C)C)cc4)CC3)n2)cc1. The van der Waals surface area contributed by atoms with Crippen molar-refractivity contribution in [2.75, 3.05) is 20.2 Å². The third-order valence-electron chi connectivity index (χ3n) is 6.47. The number of ketones is 1. The molecule has 1 amide bonds. The number of methoxy groups -OCH3 is 1. The largest absolute Gasteiger partial charge is 0.497 e. The summed E-state index contributed by atoms with van der Waals surface area (Å²) in [4.78, 5) is 31.9. The molecule has 0 N–H and O–H groups in total. The Hall–Kier alpha value is -3.48. The van der Waals surface area contributed by atoms with Crippen molar-refractivity contribution < 1.29 is 18.8 Å². The van der Waals surface area contributed by atoms with Crippen molar-refractivity contribution in [1.82, 2.24) is 15.0 Å². The first-order valence-corrected chi connectivity index (χ1v) is 12.3. The topological polar surface area (TPSA) is 85.5 Å². The first-order valence-electron chi connectivity index (χ1n) is 12.3. The van der Waals surface area contributed by atoms with E-state index in [9.17, 15) is 9.59 Å². The lowest BCUT2D eigenvalue weighted by molar-refractivity contribution is -0.132. The highest BCUT2D eigenvalue weighted by Crippen LogP contribution is 2.24. The summed E-state index contributed by atoms with van der Waals surface area (Å²) in [5, 5.41) is 4.02. The second kappa shape index (κ2) is 11.3. The number of likely N-dealkylation sites (tertiary alicyclic amines) is 1. The number of aromatic nitrogens is 2. The zero-order chi connectivity index (χ0) is 24.8. The van der Waals surface area contributed by atoms with Gasteiger partial charge in [-0.3, -0.25) is 9.59 Å². The first-order chi connectivity index (χ1) is 16.9. The van der Waals surface area contributed by atoms with Crippen LogP contribution in [0.5, 0.6) is 5.75 Å². The smallest absolute Gasteiger partial charge is 0.227 e. The lowest BCUT2D eigenvalue weighted by Gasteiger charge is -2.31. The summed E-state index contributed by atoms with van der Waals surface area (Å²) in [7, 11) is 1.62. The van der Waals surface area contributed by atoms with Crippen LogP contribution >= 0.6 is 0 Å². The number of amides is 1.